The monoisotopic (exact) mass is 344 g/mol. The van der Waals surface area contributed by atoms with Gasteiger partial charge in [-0.3, -0.25) is 9.69 Å². The Kier molecular flexibility index (Phi) is 11.2. The number of nitrogens with zero attached hydrogens (tertiary/aromatic N) is 2. The highest BCUT2D eigenvalue weighted by Gasteiger charge is 2.21. The number of carbonyl (C=O) groups excluding carboxylic acids is 1. The zero-order valence-electron chi connectivity index (χ0n) is 16.0. The maximum absolute atomic E-state index is 12.0. The zero-order chi connectivity index (χ0) is 17.8. The van der Waals surface area contributed by atoms with Crippen LogP contribution >= 0.6 is 0 Å². The van der Waals surface area contributed by atoms with Gasteiger partial charge in [-0.25, -0.2) is 0 Å². The van der Waals surface area contributed by atoms with Crippen LogP contribution in [0.2, 0.25) is 0 Å². The zero-order valence-corrected chi connectivity index (χ0v) is 16.0. The van der Waals surface area contributed by atoms with Crippen LogP contribution in [-0.2, 0) is 19.0 Å². The van der Waals surface area contributed by atoms with Crippen LogP contribution in [0.3, 0.4) is 0 Å². The van der Waals surface area contributed by atoms with E-state index in [1.807, 2.05) is 18.7 Å². The van der Waals surface area contributed by atoms with Crippen molar-refractivity contribution >= 4 is 5.91 Å². The lowest BCUT2D eigenvalue weighted by Gasteiger charge is -2.35. The fourth-order valence-electron chi connectivity index (χ4n) is 2.56. The summed E-state index contributed by atoms with van der Waals surface area (Å²) in [6.45, 7) is 15.9. The number of rotatable bonds is 12. The van der Waals surface area contributed by atoms with Crippen molar-refractivity contribution in [2.24, 2.45) is 5.92 Å². The first kappa shape index (κ1) is 21.4. The van der Waals surface area contributed by atoms with Gasteiger partial charge in [0, 0.05) is 39.1 Å². The summed E-state index contributed by atoms with van der Waals surface area (Å²) in [6.07, 6.45) is 0.914. The summed E-state index contributed by atoms with van der Waals surface area (Å²) in [7, 11) is 0. The minimum Gasteiger partial charge on any atom is -0.378 e. The van der Waals surface area contributed by atoms with E-state index >= 15 is 0 Å². The summed E-state index contributed by atoms with van der Waals surface area (Å²) in [4.78, 5) is 16.4. The fraction of sp³-hybridized carbons (Fsp3) is 0.944. The highest BCUT2D eigenvalue weighted by Crippen LogP contribution is 2.08. The lowest BCUT2D eigenvalue weighted by Crippen LogP contribution is -2.49. The summed E-state index contributed by atoms with van der Waals surface area (Å²) in [5, 5.41) is 0. The Morgan fingerprint density at radius 3 is 2.04 bits per heavy atom. The van der Waals surface area contributed by atoms with Crippen molar-refractivity contribution in [1.82, 2.24) is 9.80 Å². The number of ether oxygens (including phenoxy) is 3. The van der Waals surface area contributed by atoms with Crippen LogP contribution in [0, 0.1) is 5.92 Å². The smallest absolute Gasteiger partial charge is 0.222 e. The molecule has 0 saturated carbocycles. The molecule has 1 heterocycles. The number of amides is 1. The first-order valence-electron chi connectivity index (χ1n) is 9.26. The third-order valence-corrected chi connectivity index (χ3v) is 3.91. The van der Waals surface area contributed by atoms with Gasteiger partial charge in [0.05, 0.1) is 39.1 Å². The van der Waals surface area contributed by atoms with Gasteiger partial charge in [0.2, 0.25) is 5.91 Å². The van der Waals surface area contributed by atoms with Crippen molar-refractivity contribution in [3.05, 3.63) is 0 Å². The van der Waals surface area contributed by atoms with Crippen LogP contribution in [0.25, 0.3) is 0 Å². The molecule has 24 heavy (non-hydrogen) atoms. The molecule has 1 aliphatic heterocycles. The molecular weight excluding hydrogens is 308 g/mol. The van der Waals surface area contributed by atoms with Crippen LogP contribution in [0.4, 0.5) is 0 Å². The Balaban J connectivity index is 1.94. The first-order valence-corrected chi connectivity index (χ1v) is 9.26. The summed E-state index contributed by atoms with van der Waals surface area (Å²) in [5.41, 5.74) is 0. The molecule has 0 radical (unpaired) electrons. The van der Waals surface area contributed by atoms with E-state index in [1.54, 1.807) is 0 Å². The Morgan fingerprint density at radius 2 is 1.46 bits per heavy atom. The predicted molar refractivity (Wildman–Crippen MR) is 95.2 cm³/mol. The van der Waals surface area contributed by atoms with E-state index in [1.165, 1.54) is 0 Å². The molecule has 1 fully saturated rings. The molecule has 0 aromatic heterocycles. The van der Waals surface area contributed by atoms with Crippen LogP contribution in [0.1, 0.15) is 34.1 Å². The van der Waals surface area contributed by atoms with Crippen molar-refractivity contribution in [1.29, 1.82) is 0 Å². The van der Waals surface area contributed by atoms with Gasteiger partial charge in [-0.2, -0.15) is 0 Å². The van der Waals surface area contributed by atoms with E-state index in [9.17, 15) is 4.79 Å². The molecule has 142 valence electrons. The second kappa shape index (κ2) is 12.6. The van der Waals surface area contributed by atoms with E-state index in [4.69, 9.17) is 14.2 Å². The second-order valence-corrected chi connectivity index (χ2v) is 6.96. The Hall–Kier alpha value is -0.690. The topological polar surface area (TPSA) is 51.2 Å². The number of piperazine rings is 1. The summed E-state index contributed by atoms with van der Waals surface area (Å²) in [6, 6.07) is 0. The second-order valence-electron chi connectivity index (χ2n) is 6.96. The average molecular weight is 344 g/mol. The fourth-order valence-corrected chi connectivity index (χ4v) is 2.56. The lowest BCUT2D eigenvalue weighted by atomic mass is 10.1. The third kappa shape index (κ3) is 10.2. The molecular formula is C18H36N2O4. The minimum absolute atomic E-state index is 0.256. The van der Waals surface area contributed by atoms with Crippen molar-refractivity contribution in [3.8, 4) is 0 Å². The quantitative estimate of drug-likeness (QED) is 0.504. The molecule has 0 bridgehead atoms. The molecule has 0 aromatic rings. The standard InChI is InChI=1S/C18H36N2O4/c1-16(2)15-18(21)20-7-5-19(6-8-20)9-10-22-11-12-23-13-14-24-17(3)4/h16-17H,5-15H2,1-4H3. The van der Waals surface area contributed by atoms with Crippen LogP contribution in [-0.4, -0.2) is 87.6 Å². The SMILES string of the molecule is CC(C)CC(=O)N1CCN(CCOCCOCCOC(C)C)CC1. The van der Waals surface area contributed by atoms with Gasteiger partial charge in [-0.15, -0.1) is 0 Å². The van der Waals surface area contributed by atoms with E-state index < -0.39 is 0 Å². The third-order valence-electron chi connectivity index (χ3n) is 3.91. The summed E-state index contributed by atoms with van der Waals surface area (Å²) >= 11 is 0. The Bertz CT molecular complexity index is 329. The summed E-state index contributed by atoms with van der Waals surface area (Å²) in [5.74, 6) is 0.725. The molecule has 0 aromatic carbocycles. The minimum atomic E-state index is 0.256. The van der Waals surface area contributed by atoms with Crippen LogP contribution in [0.15, 0.2) is 0 Å². The molecule has 1 saturated heterocycles. The van der Waals surface area contributed by atoms with Gasteiger partial charge >= 0.3 is 0 Å². The molecule has 1 amide bonds. The average Bonchev–Trinajstić information content (AvgIpc) is 2.53. The lowest BCUT2D eigenvalue weighted by molar-refractivity contribution is -0.133. The molecule has 6 nitrogen and oxygen atoms in total. The Morgan fingerprint density at radius 1 is 0.875 bits per heavy atom. The molecule has 0 spiro atoms. The largest absolute Gasteiger partial charge is 0.378 e. The molecule has 1 rings (SSSR count). The first-order chi connectivity index (χ1) is 11.5. The molecule has 0 aliphatic carbocycles. The van der Waals surface area contributed by atoms with Crippen molar-refractivity contribution in [3.63, 3.8) is 0 Å². The molecule has 0 atom stereocenters. The number of hydrogen-bond donors (Lipinski definition) is 0. The normalized spacial score (nSPS) is 16.3. The molecule has 1 aliphatic rings. The number of carbonyl (C=O) groups is 1. The van der Waals surface area contributed by atoms with E-state index in [2.05, 4.69) is 18.7 Å². The van der Waals surface area contributed by atoms with Crippen LogP contribution < -0.4 is 0 Å². The highest BCUT2D eigenvalue weighted by molar-refractivity contribution is 5.76. The molecule has 6 heteroatoms. The van der Waals surface area contributed by atoms with E-state index in [0.29, 0.717) is 51.3 Å². The van der Waals surface area contributed by atoms with Gasteiger partial charge in [0.1, 0.15) is 0 Å². The molecule has 0 N–H and O–H groups in total. The number of hydrogen-bond acceptors (Lipinski definition) is 5. The van der Waals surface area contributed by atoms with Gasteiger partial charge in [-0.1, -0.05) is 13.8 Å². The van der Waals surface area contributed by atoms with Gasteiger partial charge in [-0.05, 0) is 19.8 Å². The van der Waals surface area contributed by atoms with Crippen molar-refractivity contribution in [2.75, 3.05) is 65.8 Å². The van der Waals surface area contributed by atoms with Gasteiger partial charge < -0.3 is 19.1 Å². The van der Waals surface area contributed by atoms with E-state index in [0.717, 1.165) is 32.7 Å². The highest BCUT2D eigenvalue weighted by atomic mass is 16.5. The van der Waals surface area contributed by atoms with Gasteiger partial charge in [0.15, 0.2) is 0 Å². The van der Waals surface area contributed by atoms with Crippen molar-refractivity contribution < 1.29 is 19.0 Å². The maximum Gasteiger partial charge on any atom is 0.222 e. The summed E-state index contributed by atoms with van der Waals surface area (Å²) < 4.78 is 16.4. The maximum atomic E-state index is 12.0. The van der Waals surface area contributed by atoms with Crippen molar-refractivity contribution in [2.45, 2.75) is 40.2 Å². The van der Waals surface area contributed by atoms with Crippen LogP contribution in [0.5, 0.6) is 0 Å². The Labute approximate surface area is 147 Å². The molecule has 0 unspecified atom stereocenters. The van der Waals surface area contributed by atoms with Gasteiger partial charge in [0.25, 0.3) is 0 Å². The predicted octanol–water partition coefficient (Wildman–Crippen LogP) is 1.63. The van der Waals surface area contributed by atoms with E-state index in [-0.39, 0.29) is 6.10 Å².